The van der Waals surface area contributed by atoms with E-state index in [0.717, 1.165) is 18.4 Å². The largest absolute Gasteiger partial charge is 0.339 e. The molecule has 5 heteroatoms. The quantitative estimate of drug-likeness (QED) is 0.868. The van der Waals surface area contributed by atoms with Crippen molar-refractivity contribution < 1.29 is 8.91 Å². The van der Waals surface area contributed by atoms with Crippen molar-refractivity contribution in [1.29, 1.82) is 0 Å². The fourth-order valence-corrected chi connectivity index (χ4v) is 1.74. The Hall–Kier alpha value is -1.75. The van der Waals surface area contributed by atoms with Gasteiger partial charge in [0.05, 0.1) is 0 Å². The Morgan fingerprint density at radius 2 is 2.05 bits per heavy atom. The van der Waals surface area contributed by atoms with Gasteiger partial charge < -0.3 is 10.3 Å². The SMILES string of the molecule is CC(CN)CCc1nc(Cc2ccc(F)cc2)no1. The van der Waals surface area contributed by atoms with E-state index in [4.69, 9.17) is 10.3 Å². The third kappa shape index (κ3) is 4.13. The number of aromatic nitrogens is 2. The summed E-state index contributed by atoms with van der Waals surface area (Å²) >= 11 is 0. The predicted octanol–water partition coefficient (Wildman–Crippen LogP) is 2.33. The van der Waals surface area contributed by atoms with Crippen molar-refractivity contribution in [3.8, 4) is 0 Å². The average Bonchev–Trinajstić information content (AvgIpc) is 2.86. The first kappa shape index (κ1) is 13.7. The van der Waals surface area contributed by atoms with Crippen LogP contribution in [0.1, 0.15) is 30.6 Å². The Morgan fingerprint density at radius 3 is 2.74 bits per heavy atom. The molecule has 0 amide bonds. The minimum absolute atomic E-state index is 0.242. The van der Waals surface area contributed by atoms with Gasteiger partial charge in [0.15, 0.2) is 5.82 Å². The van der Waals surface area contributed by atoms with Crippen molar-refractivity contribution in [2.24, 2.45) is 11.7 Å². The molecule has 1 heterocycles. The lowest BCUT2D eigenvalue weighted by Crippen LogP contribution is -2.11. The van der Waals surface area contributed by atoms with Gasteiger partial charge in [0.2, 0.25) is 5.89 Å². The average molecular weight is 263 g/mol. The number of hydrogen-bond acceptors (Lipinski definition) is 4. The van der Waals surface area contributed by atoms with Crippen LogP contribution in [0.2, 0.25) is 0 Å². The first-order valence-electron chi connectivity index (χ1n) is 6.43. The summed E-state index contributed by atoms with van der Waals surface area (Å²) < 4.78 is 18.0. The van der Waals surface area contributed by atoms with Gasteiger partial charge >= 0.3 is 0 Å². The van der Waals surface area contributed by atoms with E-state index >= 15 is 0 Å². The first-order chi connectivity index (χ1) is 9.17. The lowest BCUT2D eigenvalue weighted by Gasteiger charge is -2.03. The van der Waals surface area contributed by atoms with Gasteiger partial charge in [0.25, 0.3) is 0 Å². The molecule has 0 aliphatic rings. The maximum Gasteiger partial charge on any atom is 0.226 e. The van der Waals surface area contributed by atoms with Crippen molar-refractivity contribution in [3.05, 3.63) is 47.4 Å². The van der Waals surface area contributed by atoms with Crippen molar-refractivity contribution in [2.75, 3.05) is 6.54 Å². The molecule has 102 valence electrons. The van der Waals surface area contributed by atoms with Crippen LogP contribution in [0.5, 0.6) is 0 Å². The highest BCUT2D eigenvalue weighted by atomic mass is 19.1. The summed E-state index contributed by atoms with van der Waals surface area (Å²) in [6, 6.07) is 6.31. The van der Waals surface area contributed by atoms with Crippen molar-refractivity contribution in [2.45, 2.75) is 26.2 Å². The summed E-state index contributed by atoms with van der Waals surface area (Å²) in [4.78, 5) is 4.32. The van der Waals surface area contributed by atoms with E-state index in [1.54, 1.807) is 12.1 Å². The first-order valence-corrected chi connectivity index (χ1v) is 6.43. The van der Waals surface area contributed by atoms with E-state index in [9.17, 15) is 4.39 Å². The van der Waals surface area contributed by atoms with Gasteiger partial charge in [-0.3, -0.25) is 0 Å². The number of nitrogens with zero attached hydrogens (tertiary/aromatic N) is 2. The minimum Gasteiger partial charge on any atom is -0.339 e. The topological polar surface area (TPSA) is 64.9 Å². The summed E-state index contributed by atoms with van der Waals surface area (Å²) in [5, 5.41) is 3.93. The third-order valence-corrected chi connectivity index (χ3v) is 3.04. The molecule has 0 fully saturated rings. The number of halogens is 1. The maximum absolute atomic E-state index is 12.8. The van der Waals surface area contributed by atoms with E-state index in [0.29, 0.717) is 30.6 Å². The van der Waals surface area contributed by atoms with Gasteiger partial charge in [-0.15, -0.1) is 0 Å². The lowest BCUT2D eigenvalue weighted by molar-refractivity contribution is 0.362. The highest BCUT2D eigenvalue weighted by molar-refractivity contribution is 5.19. The van der Waals surface area contributed by atoms with Gasteiger partial charge in [-0.2, -0.15) is 4.98 Å². The molecule has 1 aromatic heterocycles. The van der Waals surface area contributed by atoms with Crippen molar-refractivity contribution >= 4 is 0 Å². The molecule has 0 radical (unpaired) electrons. The zero-order valence-electron chi connectivity index (χ0n) is 11.0. The Morgan fingerprint density at radius 1 is 1.32 bits per heavy atom. The standard InChI is InChI=1S/C14H18FN3O/c1-10(9-16)2-7-14-17-13(18-19-14)8-11-3-5-12(15)6-4-11/h3-6,10H,2,7-9,16H2,1H3. The van der Waals surface area contributed by atoms with E-state index in [2.05, 4.69) is 17.1 Å². The van der Waals surface area contributed by atoms with Crippen LogP contribution >= 0.6 is 0 Å². The monoisotopic (exact) mass is 263 g/mol. The third-order valence-electron chi connectivity index (χ3n) is 3.04. The molecule has 0 aliphatic heterocycles. The molecule has 1 unspecified atom stereocenters. The molecule has 0 aliphatic carbocycles. The Balaban J connectivity index is 1.91. The number of benzene rings is 1. The molecule has 19 heavy (non-hydrogen) atoms. The normalized spacial score (nSPS) is 12.6. The molecule has 1 atom stereocenters. The van der Waals surface area contributed by atoms with Crippen LogP contribution in [-0.2, 0) is 12.8 Å². The van der Waals surface area contributed by atoms with Crippen LogP contribution in [0.4, 0.5) is 4.39 Å². The fourth-order valence-electron chi connectivity index (χ4n) is 1.74. The van der Waals surface area contributed by atoms with E-state index < -0.39 is 0 Å². The van der Waals surface area contributed by atoms with Crippen LogP contribution in [-0.4, -0.2) is 16.7 Å². The molecule has 2 N–H and O–H groups in total. The van der Waals surface area contributed by atoms with Crippen molar-refractivity contribution in [3.63, 3.8) is 0 Å². The maximum atomic E-state index is 12.8. The lowest BCUT2D eigenvalue weighted by atomic mass is 10.1. The van der Waals surface area contributed by atoms with Gasteiger partial charge in [-0.05, 0) is 36.6 Å². The van der Waals surface area contributed by atoms with Gasteiger partial charge in [-0.1, -0.05) is 24.2 Å². The summed E-state index contributed by atoms with van der Waals surface area (Å²) in [6.07, 6.45) is 2.24. The van der Waals surface area contributed by atoms with Crippen LogP contribution in [0.25, 0.3) is 0 Å². The van der Waals surface area contributed by atoms with E-state index in [-0.39, 0.29) is 5.82 Å². The van der Waals surface area contributed by atoms with Crippen LogP contribution < -0.4 is 5.73 Å². The smallest absolute Gasteiger partial charge is 0.226 e. The van der Waals surface area contributed by atoms with Crippen LogP contribution in [0.3, 0.4) is 0 Å². The number of hydrogen-bond donors (Lipinski definition) is 1. The second-order valence-corrected chi connectivity index (χ2v) is 4.79. The zero-order chi connectivity index (χ0) is 13.7. The summed E-state index contributed by atoms with van der Waals surface area (Å²) in [5.41, 5.74) is 6.52. The van der Waals surface area contributed by atoms with Crippen LogP contribution in [0.15, 0.2) is 28.8 Å². The second kappa shape index (κ2) is 6.43. The van der Waals surface area contributed by atoms with Gasteiger partial charge in [-0.25, -0.2) is 4.39 Å². The molecule has 0 saturated carbocycles. The van der Waals surface area contributed by atoms with Crippen LogP contribution in [0, 0.1) is 11.7 Å². The van der Waals surface area contributed by atoms with Gasteiger partial charge in [0, 0.05) is 12.8 Å². The number of aryl methyl sites for hydroxylation is 1. The van der Waals surface area contributed by atoms with E-state index in [1.807, 2.05) is 0 Å². The predicted molar refractivity (Wildman–Crippen MR) is 70.0 cm³/mol. The summed E-state index contributed by atoms with van der Waals surface area (Å²) in [5.74, 6) is 1.47. The molecule has 4 nitrogen and oxygen atoms in total. The molecular weight excluding hydrogens is 245 g/mol. The highest BCUT2D eigenvalue weighted by Crippen LogP contribution is 2.10. The number of nitrogens with two attached hydrogens (primary N) is 1. The second-order valence-electron chi connectivity index (χ2n) is 4.79. The molecule has 0 saturated heterocycles. The molecule has 0 spiro atoms. The molecule has 1 aromatic carbocycles. The molecular formula is C14H18FN3O. The molecule has 2 rings (SSSR count). The van der Waals surface area contributed by atoms with E-state index in [1.165, 1.54) is 12.1 Å². The Labute approximate surface area is 111 Å². The Kier molecular flexibility index (Phi) is 4.63. The molecule has 0 bridgehead atoms. The summed E-state index contributed by atoms with van der Waals surface area (Å²) in [6.45, 7) is 2.76. The molecule has 2 aromatic rings. The zero-order valence-corrected chi connectivity index (χ0v) is 11.0. The highest BCUT2D eigenvalue weighted by Gasteiger charge is 2.09. The van der Waals surface area contributed by atoms with Gasteiger partial charge in [0.1, 0.15) is 5.82 Å². The Bertz CT molecular complexity index is 510. The van der Waals surface area contributed by atoms with Crippen molar-refractivity contribution in [1.82, 2.24) is 10.1 Å². The minimum atomic E-state index is -0.242. The number of rotatable bonds is 6. The fraction of sp³-hybridized carbons (Fsp3) is 0.429. The summed E-state index contributed by atoms with van der Waals surface area (Å²) in [7, 11) is 0.